The Bertz CT molecular complexity index is 1310. The summed E-state index contributed by atoms with van der Waals surface area (Å²) in [4.78, 5) is 15.0. The molecular weight excluding hydrogens is 432 g/mol. The van der Waals surface area contributed by atoms with Crippen LogP contribution in [0, 0.1) is 11.8 Å². The number of nitrogens with one attached hydrogen (secondary N) is 4. The number of H-pyrrole nitrogens is 2. The van der Waals surface area contributed by atoms with E-state index in [4.69, 9.17) is 0 Å². The van der Waals surface area contributed by atoms with Gasteiger partial charge in [0.25, 0.3) is 0 Å². The Labute approximate surface area is 207 Å². The van der Waals surface area contributed by atoms with Gasteiger partial charge in [-0.3, -0.25) is 0 Å². The highest BCUT2D eigenvalue weighted by molar-refractivity contribution is 5.87. The molecule has 1 saturated heterocycles. The number of hydrogen-bond donors (Lipinski definition) is 4. The van der Waals surface area contributed by atoms with Gasteiger partial charge in [-0.1, -0.05) is 49.6 Å². The molecule has 2 aliphatic heterocycles. The summed E-state index contributed by atoms with van der Waals surface area (Å²) in [6.07, 6.45) is 9.89. The Morgan fingerprint density at radius 2 is 1.86 bits per heavy atom. The normalized spacial score (nSPS) is 16.4. The van der Waals surface area contributed by atoms with Crippen LogP contribution in [0.15, 0.2) is 66.8 Å². The Balaban J connectivity index is 0.000000313. The molecule has 1 atom stereocenters. The predicted molar refractivity (Wildman–Crippen MR) is 144 cm³/mol. The molecule has 0 saturated carbocycles. The maximum absolute atomic E-state index is 4.47. The second-order valence-corrected chi connectivity index (χ2v) is 8.50. The number of hydrogen-bond acceptors (Lipinski definition) is 4. The maximum Gasteiger partial charge on any atom is 0.124 e. The van der Waals surface area contributed by atoms with Crippen molar-refractivity contribution >= 4 is 10.8 Å². The number of aromatic nitrogens is 4. The number of aromatic amines is 2. The van der Waals surface area contributed by atoms with Gasteiger partial charge in [-0.05, 0) is 61.2 Å². The van der Waals surface area contributed by atoms with Crippen molar-refractivity contribution in [2.45, 2.75) is 39.7 Å². The summed E-state index contributed by atoms with van der Waals surface area (Å²) in [6.45, 7) is 9.37. The highest BCUT2D eigenvalue weighted by atomic mass is 15.0. The van der Waals surface area contributed by atoms with Crippen LogP contribution in [-0.2, 0) is 0 Å². The van der Waals surface area contributed by atoms with E-state index in [1.54, 1.807) is 6.33 Å². The molecule has 2 aliphatic rings. The first kappa shape index (κ1) is 24.5. The van der Waals surface area contributed by atoms with Gasteiger partial charge in [-0.2, -0.15) is 0 Å². The fourth-order valence-corrected chi connectivity index (χ4v) is 4.13. The minimum absolute atomic E-state index is 0.338. The van der Waals surface area contributed by atoms with E-state index < -0.39 is 0 Å². The lowest BCUT2D eigenvalue weighted by Crippen LogP contribution is -2.14. The molecule has 2 aromatic carbocycles. The maximum atomic E-state index is 4.47. The molecule has 180 valence electrons. The first-order valence-corrected chi connectivity index (χ1v) is 12.4. The zero-order valence-corrected chi connectivity index (χ0v) is 20.8. The van der Waals surface area contributed by atoms with Crippen molar-refractivity contribution in [2.24, 2.45) is 0 Å². The summed E-state index contributed by atoms with van der Waals surface area (Å²) in [6, 6.07) is 13.0. The highest BCUT2D eigenvalue weighted by Crippen LogP contribution is 2.24. The van der Waals surface area contributed by atoms with Gasteiger partial charge >= 0.3 is 0 Å². The minimum Gasteiger partial charge on any atom is -0.345 e. The molecule has 4 N–H and O–H groups in total. The lowest BCUT2D eigenvalue weighted by atomic mass is 10.0. The minimum atomic E-state index is 0.338. The van der Waals surface area contributed by atoms with Crippen molar-refractivity contribution in [1.29, 1.82) is 0 Å². The van der Waals surface area contributed by atoms with Crippen molar-refractivity contribution in [3.05, 3.63) is 83.9 Å². The first-order chi connectivity index (χ1) is 17.2. The smallest absolute Gasteiger partial charge is 0.124 e. The fraction of sp³-hybridized carbons (Fsp3) is 0.310. The second-order valence-electron chi connectivity index (χ2n) is 8.50. The Kier molecular flexibility index (Phi) is 8.50. The largest absolute Gasteiger partial charge is 0.345 e. The van der Waals surface area contributed by atoms with E-state index in [1.165, 1.54) is 22.8 Å². The third-order valence-corrected chi connectivity index (χ3v) is 5.98. The second kappa shape index (κ2) is 12.2. The molecule has 4 aromatic rings. The van der Waals surface area contributed by atoms with E-state index >= 15 is 0 Å². The first-order valence-electron chi connectivity index (χ1n) is 12.4. The summed E-state index contributed by atoms with van der Waals surface area (Å²) in [5.41, 5.74) is 5.47. The van der Waals surface area contributed by atoms with E-state index in [0.29, 0.717) is 6.04 Å². The fourth-order valence-electron chi connectivity index (χ4n) is 4.13. The van der Waals surface area contributed by atoms with E-state index in [1.807, 2.05) is 26.2 Å². The molecule has 1 unspecified atom stereocenters. The predicted octanol–water partition coefficient (Wildman–Crippen LogP) is 5.34. The number of benzene rings is 2. The van der Waals surface area contributed by atoms with E-state index in [2.05, 4.69) is 91.8 Å². The summed E-state index contributed by atoms with van der Waals surface area (Å²) in [5, 5.41) is 8.98. The van der Waals surface area contributed by atoms with Gasteiger partial charge in [0.05, 0.1) is 30.5 Å². The third kappa shape index (κ3) is 6.48. The van der Waals surface area contributed by atoms with Crippen molar-refractivity contribution < 1.29 is 0 Å². The van der Waals surface area contributed by atoms with Crippen LogP contribution in [0.3, 0.4) is 0 Å². The molecule has 35 heavy (non-hydrogen) atoms. The van der Waals surface area contributed by atoms with E-state index in [-0.39, 0.29) is 0 Å². The van der Waals surface area contributed by atoms with Crippen LogP contribution in [0.4, 0.5) is 0 Å². The van der Waals surface area contributed by atoms with Gasteiger partial charge in [0.1, 0.15) is 11.5 Å². The summed E-state index contributed by atoms with van der Waals surface area (Å²) < 4.78 is 0. The van der Waals surface area contributed by atoms with Gasteiger partial charge in [0.15, 0.2) is 0 Å². The molecule has 4 heterocycles. The summed E-state index contributed by atoms with van der Waals surface area (Å²) in [5.74, 6) is 7.42. The summed E-state index contributed by atoms with van der Waals surface area (Å²) in [7, 11) is 0. The average Bonchev–Trinajstić information content (AvgIpc) is 3.72. The van der Waals surface area contributed by atoms with Crippen molar-refractivity contribution in [3.63, 3.8) is 0 Å². The van der Waals surface area contributed by atoms with Gasteiger partial charge in [-0.25, -0.2) is 9.97 Å². The number of fused-ring (bicyclic) bond motifs is 1. The lowest BCUT2D eigenvalue weighted by Gasteiger charge is -2.04. The molecule has 1 fully saturated rings. The molecule has 0 radical (unpaired) electrons. The monoisotopic (exact) mass is 466 g/mol. The van der Waals surface area contributed by atoms with Gasteiger partial charge < -0.3 is 20.6 Å². The van der Waals surface area contributed by atoms with Crippen LogP contribution in [0.2, 0.25) is 0 Å². The van der Waals surface area contributed by atoms with E-state index in [9.17, 15) is 0 Å². The van der Waals surface area contributed by atoms with Crippen LogP contribution < -0.4 is 10.6 Å². The summed E-state index contributed by atoms with van der Waals surface area (Å²) >= 11 is 0. The van der Waals surface area contributed by atoms with Crippen molar-refractivity contribution in [1.82, 2.24) is 30.6 Å². The molecule has 0 amide bonds. The van der Waals surface area contributed by atoms with Crippen molar-refractivity contribution in [3.8, 4) is 23.1 Å². The Morgan fingerprint density at radius 3 is 2.54 bits per heavy atom. The molecule has 6 rings (SSSR count). The zero-order chi connectivity index (χ0) is 24.5. The van der Waals surface area contributed by atoms with Gasteiger partial charge in [-0.15, -0.1) is 0 Å². The molecule has 0 bridgehead atoms. The van der Waals surface area contributed by atoms with Gasteiger partial charge in [0.2, 0.25) is 0 Å². The molecule has 0 spiro atoms. The molecular formula is C29H34N6. The topological polar surface area (TPSA) is 81.4 Å². The zero-order valence-electron chi connectivity index (χ0n) is 20.8. The SMILES string of the molecule is C(#Cc1cnc(C2CCCN2)[nH]1)c1ccc2cc(-c3cnc[nH]3)ccc2c1.CC.CC1=CCNC1. The molecule has 2 aromatic heterocycles. The van der Waals surface area contributed by atoms with Crippen LogP contribution in [0.5, 0.6) is 0 Å². The standard InChI is InChI=1S/C22H19N5.C5H9N.C2H6/c1-2-20(24-9-1)22-25-12-19(27-22)8-4-15-3-5-17-11-18(7-6-16(17)10-15)21-13-23-14-26-21;1-5-2-3-6-4-5;1-2/h3,5-7,10-14,20,24H,1-2,9H2,(H,23,26)(H,25,27);2,6H,3-4H2,1H3;1-2H3. The third-order valence-electron chi connectivity index (χ3n) is 5.98. The molecule has 6 nitrogen and oxygen atoms in total. The van der Waals surface area contributed by atoms with E-state index in [0.717, 1.165) is 54.4 Å². The van der Waals surface area contributed by atoms with Crippen LogP contribution in [0.25, 0.3) is 22.0 Å². The highest BCUT2D eigenvalue weighted by Gasteiger charge is 2.18. The van der Waals surface area contributed by atoms with Crippen LogP contribution in [0.1, 0.15) is 56.7 Å². The van der Waals surface area contributed by atoms with Gasteiger partial charge in [0, 0.05) is 24.2 Å². The Morgan fingerprint density at radius 1 is 1.00 bits per heavy atom. The van der Waals surface area contributed by atoms with Crippen LogP contribution in [-0.4, -0.2) is 39.6 Å². The lowest BCUT2D eigenvalue weighted by molar-refractivity contribution is 0.612. The Hall–Kier alpha value is -3.66. The molecule has 0 aliphatic carbocycles. The average molecular weight is 467 g/mol. The number of imidazole rings is 2. The quantitative estimate of drug-likeness (QED) is 0.237. The molecule has 6 heteroatoms. The van der Waals surface area contributed by atoms with Crippen LogP contribution >= 0.6 is 0 Å². The number of nitrogens with zero attached hydrogens (tertiary/aromatic N) is 2. The van der Waals surface area contributed by atoms with Crippen molar-refractivity contribution in [2.75, 3.05) is 19.6 Å². The number of rotatable bonds is 2.